The van der Waals surface area contributed by atoms with E-state index in [0.29, 0.717) is 17.5 Å². The molecule has 3 aromatic heterocycles. The molecule has 44 heavy (non-hydrogen) atoms. The summed E-state index contributed by atoms with van der Waals surface area (Å²) in [5.41, 5.74) is 9.58. The number of furan rings is 1. The molecule has 0 amide bonds. The summed E-state index contributed by atoms with van der Waals surface area (Å²) in [4.78, 5) is 19.4. The molecule has 0 N–H and O–H groups in total. The maximum atomic E-state index is 6.50. The van der Waals surface area contributed by atoms with Crippen molar-refractivity contribution < 1.29 is 4.42 Å². The Hall–Kier alpha value is -5.94. The van der Waals surface area contributed by atoms with Crippen LogP contribution in [-0.4, -0.2) is 19.9 Å². The van der Waals surface area contributed by atoms with Crippen LogP contribution in [0.25, 0.3) is 78.4 Å². The Labute approximate surface area is 254 Å². The maximum absolute atomic E-state index is 6.50. The average Bonchev–Trinajstić information content (AvgIpc) is 3.48. The van der Waals surface area contributed by atoms with Crippen molar-refractivity contribution in [3.05, 3.63) is 145 Å². The van der Waals surface area contributed by atoms with Crippen molar-refractivity contribution in [2.75, 3.05) is 0 Å². The molecule has 8 aromatic rings. The highest BCUT2D eigenvalue weighted by Gasteiger charge is 2.19. The van der Waals surface area contributed by atoms with Gasteiger partial charge >= 0.3 is 0 Å². The van der Waals surface area contributed by atoms with Crippen molar-refractivity contribution in [2.45, 2.75) is 6.92 Å². The first-order valence-electron chi connectivity index (χ1n) is 14.6. The third-order valence-electron chi connectivity index (χ3n) is 7.88. The number of aromatic nitrogens is 4. The van der Waals surface area contributed by atoms with Gasteiger partial charge in [-0.1, -0.05) is 109 Å². The van der Waals surface area contributed by atoms with Crippen LogP contribution >= 0.6 is 0 Å². The molecule has 5 aromatic carbocycles. The highest BCUT2D eigenvalue weighted by Crippen LogP contribution is 2.39. The molecule has 0 aliphatic carbocycles. The van der Waals surface area contributed by atoms with E-state index in [-0.39, 0.29) is 0 Å². The van der Waals surface area contributed by atoms with Gasteiger partial charge in [-0.2, -0.15) is 0 Å². The molecule has 0 unspecified atom stereocenters. The van der Waals surface area contributed by atoms with Crippen LogP contribution in [0, 0.1) is 6.92 Å². The molecule has 5 nitrogen and oxygen atoms in total. The molecule has 3 heterocycles. The average molecular weight is 567 g/mol. The predicted molar refractivity (Wildman–Crippen MR) is 177 cm³/mol. The van der Waals surface area contributed by atoms with Gasteiger partial charge in [-0.3, -0.25) is 4.98 Å². The van der Waals surface area contributed by atoms with Gasteiger partial charge < -0.3 is 4.42 Å². The van der Waals surface area contributed by atoms with E-state index in [4.69, 9.17) is 19.4 Å². The SMILES string of the molecule is Cc1ccc(-c2ccc(-c3cc(-c4nc(-c5ccccc5)nc(-c5ccccc5)n4)c4oc5ccccc5c4c3)cc2)cn1. The van der Waals surface area contributed by atoms with Crippen LogP contribution in [0.15, 0.2) is 144 Å². The third kappa shape index (κ3) is 4.71. The van der Waals surface area contributed by atoms with Gasteiger partial charge in [-0.05, 0) is 47.9 Å². The van der Waals surface area contributed by atoms with Crippen LogP contribution in [0.2, 0.25) is 0 Å². The summed E-state index contributed by atoms with van der Waals surface area (Å²) in [6.45, 7) is 2.00. The molecule has 8 rings (SSSR count). The molecule has 0 radical (unpaired) electrons. The Balaban J connectivity index is 1.35. The van der Waals surface area contributed by atoms with Crippen LogP contribution < -0.4 is 0 Å². The van der Waals surface area contributed by atoms with E-state index in [0.717, 1.165) is 66.6 Å². The van der Waals surface area contributed by atoms with Crippen LogP contribution in [0.5, 0.6) is 0 Å². The number of hydrogen-bond donors (Lipinski definition) is 0. The van der Waals surface area contributed by atoms with Crippen molar-refractivity contribution >= 4 is 21.9 Å². The lowest BCUT2D eigenvalue weighted by molar-refractivity contribution is 0.669. The predicted octanol–water partition coefficient (Wildman–Crippen LogP) is 9.81. The molecule has 0 bridgehead atoms. The van der Waals surface area contributed by atoms with E-state index in [2.05, 4.69) is 53.5 Å². The standard InChI is InChI=1S/C39H26N4O/c1-25-16-17-30(24-40-25)26-18-20-27(21-19-26)31-22-33-32-14-8-9-15-35(32)44-36(33)34(23-31)39-42-37(28-10-4-2-5-11-28)41-38(43-39)29-12-6-3-7-13-29/h2-24H,1H3. The zero-order chi connectivity index (χ0) is 29.5. The molecule has 0 spiro atoms. The molecule has 0 atom stereocenters. The lowest BCUT2D eigenvalue weighted by Crippen LogP contribution is -2.00. The van der Waals surface area contributed by atoms with Gasteiger partial charge in [0.2, 0.25) is 0 Å². The summed E-state index contributed by atoms with van der Waals surface area (Å²) in [7, 11) is 0. The van der Waals surface area contributed by atoms with E-state index < -0.39 is 0 Å². The molecule has 0 saturated carbocycles. The van der Waals surface area contributed by atoms with Gasteiger partial charge in [0.25, 0.3) is 0 Å². The summed E-state index contributed by atoms with van der Waals surface area (Å²) >= 11 is 0. The van der Waals surface area contributed by atoms with Crippen LogP contribution in [0.1, 0.15) is 5.69 Å². The lowest BCUT2D eigenvalue weighted by atomic mass is 9.97. The second kappa shape index (κ2) is 10.7. The Morgan fingerprint density at radius 1 is 0.455 bits per heavy atom. The van der Waals surface area contributed by atoms with E-state index in [1.165, 1.54) is 0 Å². The first kappa shape index (κ1) is 25.7. The molecular weight excluding hydrogens is 540 g/mol. The Kier molecular flexibility index (Phi) is 6.27. The number of aryl methyl sites for hydroxylation is 1. The number of benzene rings is 5. The minimum absolute atomic E-state index is 0.561. The van der Waals surface area contributed by atoms with Crippen molar-refractivity contribution in [3.63, 3.8) is 0 Å². The smallest absolute Gasteiger partial charge is 0.167 e. The summed E-state index contributed by atoms with van der Waals surface area (Å²) < 4.78 is 6.50. The monoisotopic (exact) mass is 566 g/mol. The Bertz CT molecular complexity index is 2200. The molecule has 0 fully saturated rings. The molecule has 0 aliphatic heterocycles. The van der Waals surface area contributed by atoms with Crippen LogP contribution in [-0.2, 0) is 0 Å². The molecule has 5 heteroatoms. The first-order valence-corrected chi connectivity index (χ1v) is 14.6. The van der Waals surface area contributed by atoms with Gasteiger partial charge in [0.1, 0.15) is 11.2 Å². The fraction of sp³-hybridized carbons (Fsp3) is 0.0256. The van der Waals surface area contributed by atoms with Crippen molar-refractivity contribution in [1.29, 1.82) is 0 Å². The fourth-order valence-corrected chi connectivity index (χ4v) is 5.58. The van der Waals surface area contributed by atoms with E-state index in [9.17, 15) is 0 Å². The highest BCUT2D eigenvalue weighted by atomic mass is 16.3. The van der Waals surface area contributed by atoms with Gasteiger partial charge in [-0.15, -0.1) is 0 Å². The van der Waals surface area contributed by atoms with Gasteiger partial charge in [0, 0.05) is 39.4 Å². The second-order valence-electron chi connectivity index (χ2n) is 10.8. The van der Waals surface area contributed by atoms with Crippen LogP contribution in [0.3, 0.4) is 0 Å². The van der Waals surface area contributed by atoms with Gasteiger partial charge in [0.15, 0.2) is 17.5 Å². The molecule has 0 saturated heterocycles. The summed E-state index contributed by atoms with van der Waals surface area (Å²) in [5.74, 6) is 1.78. The molecule has 208 valence electrons. The zero-order valence-corrected chi connectivity index (χ0v) is 24.0. The number of para-hydroxylation sites is 1. The quantitative estimate of drug-likeness (QED) is 0.207. The third-order valence-corrected chi connectivity index (χ3v) is 7.88. The van der Waals surface area contributed by atoms with Crippen molar-refractivity contribution in [2.24, 2.45) is 0 Å². The van der Waals surface area contributed by atoms with Crippen molar-refractivity contribution in [1.82, 2.24) is 19.9 Å². The lowest BCUT2D eigenvalue weighted by Gasteiger charge is -2.11. The zero-order valence-electron chi connectivity index (χ0n) is 24.0. The van der Waals surface area contributed by atoms with Gasteiger partial charge in [0.05, 0.1) is 5.56 Å². The van der Waals surface area contributed by atoms with E-state index >= 15 is 0 Å². The number of rotatable bonds is 5. The van der Waals surface area contributed by atoms with Crippen LogP contribution in [0.4, 0.5) is 0 Å². The first-order chi connectivity index (χ1) is 21.7. The highest BCUT2D eigenvalue weighted by molar-refractivity contribution is 6.11. The van der Waals surface area contributed by atoms with Crippen molar-refractivity contribution in [3.8, 4) is 56.4 Å². The Morgan fingerprint density at radius 3 is 1.66 bits per heavy atom. The minimum atomic E-state index is 0.561. The molecular formula is C39H26N4O. The van der Waals surface area contributed by atoms with E-state index in [1.54, 1.807) is 0 Å². The van der Waals surface area contributed by atoms with Gasteiger partial charge in [-0.25, -0.2) is 15.0 Å². The Morgan fingerprint density at radius 2 is 1.02 bits per heavy atom. The number of nitrogens with zero attached hydrogens (tertiary/aromatic N) is 4. The summed E-state index contributed by atoms with van der Waals surface area (Å²) in [6, 6.07) is 45.2. The second-order valence-corrected chi connectivity index (χ2v) is 10.8. The fourth-order valence-electron chi connectivity index (χ4n) is 5.58. The number of hydrogen-bond acceptors (Lipinski definition) is 5. The summed E-state index contributed by atoms with van der Waals surface area (Å²) in [6.07, 6.45) is 1.92. The normalized spacial score (nSPS) is 11.3. The largest absolute Gasteiger partial charge is 0.455 e. The topological polar surface area (TPSA) is 64.7 Å². The number of pyridine rings is 1. The maximum Gasteiger partial charge on any atom is 0.167 e. The minimum Gasteiger partial charge on any atom is -0.455 e. The molecule has 0 aliphatic rings. The van der Waals surface area contributed by atoms with E-state index in [1.807, 2.05) is 98.0 Å². The number of fused-ring (bicyclic) bond motifs is 3. The summed E-state index contributed by atoms with van der Waals surface area (Å²) in [5, 5.41) is 2.07.